The van der Waals surface area contributed by atoms with E-state index in [1.807, 2.05) is 37.3 Å². The Morgan fingerprint density at radius 1 is 1.09 bits per heavy atom. The van der Waals surface area contributed by atoms with Gasteiger partial charge in [-0.25, -0.2) is 4.98 Å². The van der Waals surface area contributed by atoms with Crippen molar-refractivity contribution in [3.05, 3.63) is 54.8 Å². The molecule has 10 heteroatoms. The summed E-state index contributed by atoms with van der Waals surface area (Å²) < 4.78 is 12.0. The highest BCUT2D eigenvalue weighted by Crippen LogP contribution is 2.37. The molecule has 1 aromatic carbocycles. The molecule has 4 heterocycles. The minimum Gasteiger partial charge on any atom is -0.496 e. The molecule has 2 aliphatic heterocycles. The summed E-state index contributed by atoms with van der Waals surface area (Å²) in [6.07, 6.45) is 11.6. The lowest BCUT2D eigenvalue weighted by molar-refractivity contribution is -0.119. The number of nitrogens with zero attached hydrogens (tertiary/aromatic N) is 4. The van der Waals surface area contributed by atoms with E-state index in [4.69, 9.17) is 14.0 Å². The zero-order valence-electron chi connectivity index (χ0n) is 25.3. The maximum absolute atomic E-state index is 13.4. The molecule has 10 nitrogen and oxygen atoms in total. The Kier molecular flexibility index (Phi) is 9.86. The monoisotopic (exact) mass is 587 g/mol. The van der Waals surface area contributed by atoms with Gasteiger partial charge in [-0.05, 0) is 55.3 Å². The highest BCUT2D eigenvalue weighted by Gasteiger charge is 2.43. The predicted octanol–water partition coefficient (Wildman–Crippen LogP) is 5.74. The maximum atomic E-state index is 13.4. The van der Waals surface area contributed by atoms with Gasteiger partial charge in [0, 0.05) is 57.6 Å². The van der Waals surface area contributed by atoms with Crippen LogP contribution in [0.3, 0.4) is 0 Å². The van der Waals surface area contributed by atoms with Gasteiger partial charge in [0.25, 0.3) is 5.91 Å². The van der Waals surface area contributed by atoms with Crippen LogP contribution >= 0.6 is 0 Å². The maximum Gasteiger partial charge on any atom is 0.269 e. The minimum atomic E-state index is -0.457. The standard InChI is InChI=1S/C33H41N5O5/c1-4-25(39)8-6-5-7-9-27(36-31(40)28-21-33(43-37-28)14-18-38(2)19-15-33)32-35-22-30(42-32)26-11-10-24(20-29(26)41-3)23-12-16-34-17-13-23/h10-13,16-17,20,22,27H,4-9,14-15,18-19,21H2,1-3H3,(H,36,40)/t27-/m0/s1. The lowest BCUT2D eigenvalue weighted by Gasteiger charge is -2.35. The molecule has 0 unspecified atom stereocenters. The van der Waals surface area contributed by atoms with Crippen molar-refractivity contribution in [1.29, 1.82) is 0 Å². The summed E-state index contributed by atoms with van der Waals surface area (Å²) in [6.45, 7) is 3.72. The normalized spacial score (nSPS) is 16.9. The van der Waals surface area contributed by atoms with Crippen molar-refractivity contribution in [2.75, 3.05) is 27.2 Å². The van der Waals surface area contributed by atoms with Crippen LogP contribution in [0.1, 0.15) is 76.6 Å². The quantitative estimate of drug-likeness (QED) is 0.252. The summed E-state index contributed by atoms with van der Waals surface area (Å²) in [7, 11) is 3.72. The molecule has 2 aliphatic rings. The van der Waals surface area contributed by atoms with Crippen LogP contribution < -0.4 is 10.1 Å². The van der Waals surface area contributed by atoms with Crippen molar-refractivity contribution >= 4 is 17.4 Å². The van der Waals surface area contributed by atoms with Crippen molar-refractivity contribution in [2.24, 2.45) is 5.16 Å². The summed E-state index contributed by atoms with van der Waals surface area (Å²) in [5.74, 6) is 1.63. The van der Waals surface area contributed by atoms with Gasteiger partial charge in [0.1, 0.15) is 28.9 Å². The molecule has 1 amide bonds. The summed E-state index contributed by atoms with van der Waals surface area (Å²) in [5.41, 5.74) is 2.80. The third-order valence-corrected chi connectivity index (χ3v) is 8.45. The van der Waals surface area contributed by atoms with E-state index in [2.05, 4.69) is 32.4 Å². The molecule has 1 N–H and O–H groups in total. The average molecular weight is 588 g/mol. The number of amides is 1. The first-order valence-corrected chi connectivity index (χ1v) is 15.2. The van der Waals surface area contributed by atoms with Crippen LogP contribution in [0.25, 0.3) is 22.5 Å². The van der Waals surface area contributed by atoms with Gasteiger partial charge in [0.2, 0.25) is 5.89 Å². The topological polar surface area (TPSA) is 119 Å². The van der Waals surface area contributed by atoms with Crippen molar-refractivity contribution < 1.29 is 23.6 Å². The fraction of sp³-hybridized carbons (Fsp3) is 0.485. The minimum absolute atomic E-state index is 0.263. The number of pyridine rings is 1. The number of nitrogens with one attached hydrogen (secondary N) is 1. The highest BCUT2D eigenvalue weighted by molar-refractivity contribution is 6.39. The molecular weight excluding hydrogens is 546 g/mol. The van der Waals surface area contributed by atoms with Crippen LogP contribution in [0.4, 0.5) is 0 Å². The number of rotatable bonds is 13. The SMILES string of the molecule is CCC(=O)CCCCC[C@H](NC(=O)C1=NOC2(CCN(C)CC2)C1)c1ncc(-c2ccc(-c3ccncc3)cc2OC)o1. The third-order valence-electron chi connectivity index (χ3n) is 8.45. The van der Waals surface area contributed by atoms with E-state index in [1.165, 1.54) is 0 Å². The Morgan fingerprint density at radius 2 is 1.88 bits per heavy atom. The molecule has 1 fully saturated rings. The smallest absolute Gasteiger partial charge is 0.269 e. The van der Waals surface area contributed by atoms with Crippen LogP contribution in [0.15, 0.2) is 58.5 Å². The van der Waals surface area contributed by atoms with E-state index in [0.29, 0.717) is 48.8 Å². The van der Waals surface area contributed by atoms with Gasteiger partial charge in [-0.15, -0.1) is 0 Å². The fourth-order valence-electron chi connectivity index (χ4n) is 5.65. The predicted molar refractivity (Wildman–Crippen MR) is 164 cm³/mol. The van der Waals surface area contributed by atoms with Gasteiger partial charge in [-0.2, -0.15) is 0 Å². The summed E-state index contributed by atoms with van der Waals surface area (Å²) in [4.78, 5) is 41.9. The number of carbonyl (C=O) groups excluding carboxylic acids is 2. The molecule has 2 aromatic heterocycles. The summed E-state index contributed by atoms with van der Waals surface area (Å²) >= 11 is 0. The number of carbonyl (C=O) groups is 2. The molecule has 1 spiro atoms. The lowest BCUT2D eigenvalue weighted by Crippen LogP contribution is -2.44. The number of benzene rings is 1. The lowest BCUT2D eigenvalue weighted by atomic mass is 9.87. The first-order chi connectivity index (χ1) is 20.9. The van der Waals surface area contributed by atoms with Crippen LogP contribution in [-0.2, 0) is 14.4 Å². The van der Waals surface area contributed by atoms with Gasteiger partial charge in [-0.3, -0.25) is 14.6 Å². The molecule has 43 heavy (non-hydrogen) atoms. The molecule has 0 radical (unpaired) electrons. The second-order valence-electron chi connectivity index (χ2n) is 11.5. The number of hydrogen-bond acceptors (Lipinski definition) is 9. The number of oxime groups is 1. The molecule has 1 saturated heterocycles. The number of Topliss-reactive ketones (excluding diaryl/α,β-unsaturated/α-hetero) is 1. The number of ketones is 1. The van der Waals surface area contributed by atoms with E-state index in [0.717, 1.165) is 61.9 Å². The Morgan fingerprint density at radius 3 is 2.63 bits per heavy atom. The van der Waals surface area contributed by atoms with E-state index >= 15 is 0 Å². The number of methoxy groups -OCH3 is 1. The molecular formula is C33H41N5O5. The van der Waals surface area contributed by atoms with Gasteiger partial charge in [-0.1, -0.05) is 31.0 Å². The van der Waals surface area contributed by atoms with Gasteiger partial charge < -0.3 is 24.2 Å². The van der Waals surface area contributed by atoms with E-state index in [-0.39, 0.29) is 11.7 Å². The van der Waals surface area contributed by atoms with Crippen LogP contribution in [-0.4, -0.2) is 65.1 Å². The number of piperidine rings is 1. The average Bonchev–Trinajstić information content (AvgIpc) is 3.70. The first-order valence-electron chi connectivity index (χ1n) is 15.2. The molecule has 3 aromatic rings. The summed E-state index contributed by atoms with van der Waals surface area (Å²) in [5, 5.41) is 7.33. The molecule has 0 bridgehead atoms. The number of unbranched alkanes of at least 4 members (excludes halogenated alkanes) is 2. The molecule has 1 atom stereocenters. The fourth-order valence-corrected chi connectivity index (χ4v) is 5.65. The van der Waals surface area contributed by atoms with E-state index in [1.54, 1.807) is 25.7 Å². The first kappa shape index (κ1) is 30.4. The van der Waals surface area contributed by atoms with Gasteiger partial charge in [0.15, 0.2) is 5.76 Å². The number of aromatic nitrogens is 2. The van der Waals surface area contributed by atoms with E-state index in [9.17, 15) is 9.59 Å². The van der Waals surface area contributed by atoms with Crippen LogP contribution in [0.5, 0.6) is 5.75 Å². The number of ether oxygens (including phenoxy) is 1. The Balaban J connectivity index is 1.31. The van der Waals surface area contributed by atoms with Crippen molar-refractivity contribution in [3.63, 3.8) is 0 Å². The van der Waals surface area contributed by atoms with Crippen LogP contribution in [0, 0.1) is 0 Å². The second kappa shape index (κ2) is 13.9. The third kappa shape index (κ3) is 7.48. The van der Waals surface area contributed by atoms with Crippen molar-refractivity contribution in [3.8, 4) is 28.2 Å². The zero-order valence-corrected chi connectivity index (χ0v) is 25.3. The van der Waals surface area contributed by atoms with Gasteiger partial charge >= 0.3 is 0 Å². The molecule has 228 valence electrons. The van der Waals surface area contributed by atoms with Gasteiger partial charge in [0.05, 0.1) is 18.9 Å². The van der Waals surface area contributed by atoms with E-state index < -0.39 is 11.6 Å². The molecule has 0 saturated carbocycles. The number of oxazole rings is 1. The highest BCUT2D eigenvalue weighted by atomic mass is 16.7. The number of likely N-dealkylation sites (tertiary alicyclic amines) is 1. The Labute approximate surface area is 252 Å². The second-order valence-corrected chi connectivity index (χ2v) is 11.5. The Hall–Kier alpha value is -4.05. The van der Waals surface area contributed by atoms with Crippen molar-refractivity contribution in [1.82, 2.24) is 20.2 Å². The van der Waals surface area contributed by atoms with Crippen LogP contribution in [0.2, 0.25) is 0 Å². The Bertz CT molecular complexity index is 1430. The van der Waals surface area contributed by atoms with Crippen molar-refractivity contribution in [2.45, 2.75) is 76.4 Å². The molecule has 0 aliphatic carbocycles. The summed E-state index contributed by atoms with van der Waals surface area (Å²) in [6, 6.07) is 9.34. The number of hydrogen-bond donors (Lipinski definition) is 1. The zero-order chi connectivity index (χ0) is 30.2. The molecule has 5 rings (SSSR count). The largest absolute Gasteiger partial charge is 0.496 e.